The molecule has 0 saturated heterocycles. The second-order valence-corrected chi connectivity index (χ2v) is 7.20. The van der Waals surface area contributed by atoms with E-state index in [2.05, 4.69) is 47.1 Å². The molecule has 1 heterocycles. The lowest BCUT2D eigenvalue weighted by Crippen LogP contribution is -2.36. The van der Waals surface area contributed by atoms with E-state index in [-0.39, 0.29) is 5.91 Å². The molecule has 1 aliphatic rings. The van der Waals surface area contributed by atoms with Gasteiger partial charge in [-0.25, -0.2) is 0 Å². The highest BCUT2D eigenvalue weighted by Crippen LogP contribution is 2.37. The van der Waals surface area contributed by atoms with Gasteiger partial charge in [-0.05, 0) is 44.0 Å². The van der Waals surface area contributed by atoms with Crippen molar-refractivity contribution in [2.45, 2.75) is 45.6 Å². The first-order chi connectivity index (χ1) is 12.7. The molecule has 0 aliphatic heterocycles. The molecule has 4 nitrogen and oxygen atoms in total. The summed E-state index contributed by atoms with van der Waals surface area (Å²) >= 11 is 0. The van der Waals surface area contributed by atoms with Crippen molar-refractivity contribution < 1.29 is 4.79 Å². The molecular weight excluding hydrogens is 322 g/mol. The van der Waals surface area contributed by atoms with Crippen molar-refractivity contribution in [3.05, 3.63) is 42.5 Å². The Labute approximate surface area is 153 Å². The van der Waals surface area contributed by atoms with Crippen LogP contribution < -0.4 is 5.32 Å². The Hall–Kier alpha value is -2.80. The Morgan fingerprint density at radius 3 is 2.58 bits per heavy atom. The fraction of sp³-hybridized carbons (Fsp3) is 0.364. The number of carbonyl (C=O) groups is 1. The molecule has 0 atom stereocenters. The van der Waals surface area contributed by atoms with Crippen molar-refractivity contribution in [2.75, 3.05) is 5.32 Å². The number of fused-ring (bicyclic) bond motifs is 3. The molecule has 26 heavy (non-hydrogen) atoms. The van der Waals surface area contributed by atoms with Gasteiger partial charge in [0.05, 0.1) is 6.07 Å². The Morgan fingerprint density at radius 2 is 1.85 bits per heavy atom. The molecule has 0 radical (unpaired) electrons. The molecule has 132 valence electrons. The molecule has 1 aromatic heterocycles. The number of hydrogen-bond donors (Lipinski definition) is 1. The van der Waals surface area contributed by atoms with Gasteiger partial charge < -0.3 is 9.88 Å². The van der Waals surface area contributed by atoms with Gasteiger partial charge in [-0.3, -0.25) is 4.79 Å². The van der Waals surface area contributed by atoms with E-state index in [0.29, 0.717) is 12.8 Å². The number of nitrogens with one attached hydrogen (secondary N) is 1. The van der Waals surface area contributed by atoms with Crippen LogP contribution in [-0.2, 0) is 11.3 Å². The average Bonchev–Trinajstić information content (AvgIpc) is 3.01. The number of anilines is 1. The van der Waals surface area contributed by atoms with E-state index in [1.54, 1.807) is 0 Å². The monoisotopic (exact) mass is 345 g/mol. The van der Waals surface area contributed by atoms with Gasteiger partial charge in [-0.2, -0.15) is 5.26 Å². The standard InChI is InChI=1S/C22H23N3O/c1-2-25-19-9-5-4-8-17(19)18-14-16(10-11-20(18)25)24-21(26)22(15-23)12-6-3-7-13-22/h4-5,8-11,14H,2-3,6-7,12-13H2,1H3,(H,24,26). The molecular formula is C22H23N3O. The number of aryl methyl sites for hydroxylation is 1. The van der Waals surface area contributed by atoms with Crippen LogP contribution in [0.3, 0.4) is 0 Å². The zero-order valence-electron chi connectivity index (χ0n) is 15.1. The van der Waals surface area contributed by atoms with Crippen LogP contribution in [0.2, 0.25) is 0 Å². The number of nitrogens with zero attached hydrogens (tertiary/aromatic N) is 2. The number of hydrogen-bond acceptors (Lipinski definition) is 2. The molecule has 1 N–H and O–H groups in total. The van der Waals surface area contributed by atoms with Gasteiger partial charge in [0.25, 0.3) is 0 Å². The molecule has 1 fully saturated rings. The molecule has 0 bridgehead atoms. The predicted octanol–water partition coefficient (Wildman–Crippen LogP) is 5.23. The third-order valence-corrected chi connectivity index (χ3v) is 5.70. The van der Waals surface area contributed by atoms with E-state index in [9.17, 15) is 10.1 Å². The van der Waals surface area contributed by atoms with Crippen LogP contribution in [-0.4, -0.2) is 10.5 Å². The van der Waals surface area contributed by atoms with E-state index >= 15 is 0 Å². The van der Waals surface area contributed by atoms with Crippen LogP contribution >= 0.6 is 0 Å². The number of rotatable bonds is 3. The summed E-state index contributed by atoms with van der Waals surface area (Å²) in [4.78, 5) is 12.8. The summed E-state index contributed by atoms with van der Waals surface area (Å²) in [6.07, 6.45) is 4.33. The number of para-hydroxylation sites is 1. The lowest BCUT2D eigenvalue weighted by molar-refractivity contribution is -0.124. The minimum atomic E-state index is -0.870. The Kier molecular flexibility index (Phi) is 4.16. The lowest BCUT2D eigenvalue weighted by Gasteiger charge is -2.29. The molecule has 4 heteroatoms. The summed E-state index contributed by atoms with van der Waals surface area (Å²) in [5.41, 5.74) is 2.26. The zero-order valence-corrected chi connectivity index (χ0v) is 15.1. The highest BCUT2D eigenvalue weighted by molar-refractivity contribution is 6.10. The smallest absolute Gasteiger partial charge is 0.244 e. The van der Waals surface area contributed by atoms with Crippen LogP contribution in [0.25, 0.3) is 21.8 Å². The van der Waals surface area contributed by atoms with Crippen molar-refractivity contribution in [2.24, 2.45) is 5.41 Å². The average molecular weight is 345 g/mol. The molecule has 2 aromatic carbocycles. The number of nitriles is 1. The Morgan fingerprint density at radius 1 is 1.12 bits per heavy atom. The molecule has 1 aliphatic carbocycles. The second-order valence-electron chi connectivity index (χ2n) is 7.20. The van der Waals surface area contributed by atoms with Gasteiger partial charge in [0.2, 0.25) is 5.91 Å². The quantitative estimate of drug-likeness (QED) is 0.707. The van der Waals surface area contributed by atoms with E-state index in [0.717, 1.165) is 36.9 Å². The summed E-state index contributed by atoms with van der Waals surface area (Å²) in [6.45, 7) is 3.04. The molecule has 1 saturated carbocycles. The fourth-order valence-corrected chi connectivity index (χ4v) is 4.27. The first-order valence-corrected chi connectivity index (χ1v) is 9.42. The summed E-state index contributed by atoms with van der Waals surface area (Å²) in [7, 11) is 0. The van der Waals surface area contributed by atoms with E-state index in [4.69, 9.17) is 0 Å². The van der Waals surface area contributed by atoms with Crippen molar-refractivity contribution in [3.8, 4) is 6.07 Å². The minimum absolute atomic E-state index is 0.154. The predicted molar refractivity (Wildman–Crippen MR) is 105 cm³/mol. The zero-order chi connectivity index (χ0) is 18.1. The summed E-state index contributed by atoms with van der Waals surface area (Å²) < 4.78 is 2.29. The highest BCUT2D eigenvalue weighted by Gasteiger charge is 2.39. The first kappa shape index (κ1) is 16.7. The Balaban J connectivity index is 1.73. The minimum Gasteiger partial charge on any atom is -0.341 e. The molecule has 1 amide bonds. The lowest BCUT2D eigenvalue weighted by atomic mass is 9.74. The number of carbonyl (C=O) groups excluding carboxylic acids is 1. The number of benzene rings is 2. The Bertz CT molecular complexity index is 1020. The third-order valence-electron chi connectivity index (χ3n) is 5.70. The van der Waals surface area contributed by atoms with E-state index in [1.807, 2.05) is 18.2 Å². The third kappa shape index (κ3) is 2.55. The van der Waals surface area contributed by atoms with Gasteiger partial charge in [0.15, 0.2) is 0 Å². The maximum Gasteiger partial charge on any atom is 0.244 e. The summed E-state index contributed by atoms with van der Waals surface area (Å²) in [5, 5.41) is 15.0. The summed E-state index contributed by atoms with van der Waals surface area (Å²) in [6, 6.07) is 16.7. The second kappa shape index (κ2) is 6.49. The fourth-order valence-electron chi connectivity index (χ4n) is 4.27. The SMILES string of the molecule is CCn1c2ccccc2c2cc(NC(=O)C3(C#N)CCCCC3)ccc21. The van der Waals surface area contributed by atoms with Crippen molar-refractivity contribution in [3.63, 3.8) is 0 Å². The normalized spacial score (nSPS) is 16.5. The summed E-state index contributed by atoms with van der Waals surface area (Å²) in [5.74, 6) is -0.154. The number of aromatic nitrogens is 1. The van der Waals surface area contributed by atoms with Gasteiger partial charge in [0.1, 0.15) is 5.41 Å². The van der Waals surface area contributed by atoms with Crippen molar-refractivity contribution in [1.29, 1.82) is 5.26 Å². The van der Waals surface area contributed by atoms with Crippen molar-refractivity contribution >= 4 is 33.4 Å². The molecule has 0 spiro atoms. The van der Waals surface area contributed by atoms with Crippen molar-refractivity contribution in [1.82, 2.24) is 4.57 Å². The van der Waals surface area contributed by atoms with Gasteiger partial charge in [0, 0.05) is 34.0 Å². The maximum atomic E-state index is 12.8. The van der Waals surface area contributed by atoms with E-state index < -0.39 is 5.41 Å². The molecule has 4 rings (SSSR count). The topological polar surface area (TPSA) is 57.8 Å². The van der Waals surface area contributed by atoms with Gasteiger partial charge in [-0.1, -0.05) is 37.5 Å². The van der Waals surface area contributed by atoms with Gasteiger partial charge in [-0.15, -0.1) is 0 Å². The molecule has 0 unspecified atom stereocenters. The largest absolute Gasteiger partial charge is 0.341 e. The maximum absolute atomic E-state index is 12.8. The van der Waals surface area contributed by atoms with Crippen LogP contribution in [0.1, 0.15) is 39.0 Å². The number of amides is 1. The highest BCUT2D eigenvalue weighted by atomic mass is 16.2. The van der Waals surface area contributed by atoms with E-state index in [1.165, 1.54) is 16.4 Å². The van der Waals surface area contributed by atoms with Crippen LogP contribution in [0.5, 0.6) is 0 Å². The molecule has 3 aromatic rings. The van der Waals surface area contributed by atoms with Gasteiger partial charge >= 0.3 is 0 Å². The van der Waals surface area contributed by atoms with Crippen LogP contribution in [0.15, 0.2) is 42.5 Å². The van der Waals surface area contributed by atoms with Crippen LogP contribution in [0, 0.1) is 16.7 Å². The first-order valence-electron chi connectivity index (χ1n) is 9.42. The van der Waals surface area contributed by atoms with Crippen LogP contribution in [0.4, 0.5) is 5.69 Å².